The van der Waals surface area contributed by atoms with Gasteiger partial charge in [-0.15, -0.1) is 0 Å². The van der Waals surface area contributed by atoms with Gasteiger partial charge in [0, 0.05) is 31.7 Å². The average Bonchev–Trinajstić information content (AvgIpc) is 3.15. The SMILES string of the molecule is Cc1ccccc1Oc1cc2c3c(c1)Sc1cc4c(cc1B3c1ccccc1O2)B1c2ccccc2Oc2cc(Oc3ccccc3C)cc(c21)S4. The Balaban J connectivity index is 1.08. The molecule has 0 aliphatic carbocycles. The molecule has 0 atom stereocenters. The van der Waals surface area contributed by atoms with Crippen molar-refractivity contribution in [1.29, 1.82) is 0 Å². The second-order valence-electron chi connectivity index (χ2n) is 13.7. The van der Waals surface area contributed by atoms with Gasteiger partial charge in [-0.05, 0) is 89.3 Å². The molecular formula is C44H28B2O4S2. The summed E-state index contributed by atoms with van der Waals surface area (Å²) in [7, 11) is 0. The number of ether oxygens (including phenoxy) is 4. The van der Waals surface area contributed by atoms with Crippen LogP contribution in [0.3, 0.4) is 0 Å². The highest BCUT2D eigenvalue weighted by Gasteiger charge is 2.44. The van der Waals surface area contributed by atoms with Crippen LogP contribution in [0.15, 0.2) is 153 Å². The van der Waals surface area contributed by atoms with Crippen LogP contribution in [0.4, 0.5) is 0 Å². The number of aryl methyl sites for hydroxylation is 2. The van der Waals surface area contributed by atoms with Gasteiger partial charge in [0.2, 0.25) is 0 Å². The molecule has 0 radical (unpaired) electrons. The van der Waals surface area contributed by atoms with Gasteiger partial charge in [-0.25, -0.2) is 0 Å². The summed E-state index contributed by atoms with van der Waals surface area (Å²) >= 11 is 3.61. The summed E-state index contributed by atoms with van der Waals surface area (Å²) < 4.78 is 26.3. The van der Waals surface area contributed by atoms with E-state index in [-0.39, 0.29) is 13.4 Å². The lowest BCUT2D eigenvalue weighted by Gasteiger charge is -2.36. The van der Waals surface area contributed by atoms with E-state index in [0.29, 0.717) is 0 Å². The van der Waals surface area contributed by atoms with E-state index in [4.69, 9.17) is 18.9 Å². The highest BCUT2D eigenvalue weighted by Crippen LogP contribution is 2.44. The zero-order chi connectivity index (χ0) is 34.5. The van der Waals surface area contributed by atoms with Crippen LogP contribution in [0.25, 0.3) is 0 Å². The number of fused-ring (bicyclic) bond motifs is 8. The summed E-state index contributed by atoms with van der Waals surface area (Å²) in [6.45, 7) is 4.19. The molecule has 8 heteroatoms. The first-order chi connectivity index (χ1) is 25.6. The number of para-hydroxylation sites is 4. The molecule has 0 saturated heterocycles. The van der Waals surface area contributed by atoms with Gasteiger partial charge in [0.05, 0.1) is 0 Å². The Bertz CT molecular complexity index is 2480. The highest BCUT2D eigenvalue weighted by molar-refractivity contribution is 8.01. The van der Waals surface area contributed by atoms with E-state index >= 15 is 0 Å². The number of rotatable bonds is 4. The molecule has 0 fully saturated rings. The van der Waals surface area contributed by atoms with Gasteiger partial charge in [0.25, 0.3) is 13.4 Å². The molecule has 0 bridgehead atoms. The number of hydrogen-bond acceptors (Lipinski definition) is 6. The van der Waals surface area contributed by atoms with Crippen molar-refractivity contribution >= 4 is 69.7 Å². The van der Waals surface area contributed by atoms with Gasteiger partial charge in [-0.2, -0.15) is 0 Å². The van der Waals surface area contributed by atoms with Crippen LogP contribution in [0.2, 0.25) is 0 Å². The van der Waals surface area contributed by atoms with Crippen molar-refractivity contribution in [2.75, 3.05) is 0 Å². The van der Waals surface area contributed by atoms with E-state index in [0.717, 1.165) is 66.9 Å². The third-order valence-corrected chi connectivity index (χ3v) is 12.7. The van der Waals surface area contributed by atoms with E-state index in [2.05, 4.69) is 111 Å². The Morgan fingerprint density at radius 1 is 0.423 bits per heavy atom. The summed E-state index contributed by atoms with van der Waals surface area (Å²) in [5.74, 6) is 6.69. The standard InChI is InChI=1S/C44H28B2O4S2/c1-25-11-3-7-15-33(25)47-27-19-37-43-41(21-27)51-39-24-40-32(23-31(39)45(43)29-13-5-9-17-35(29)49-37)46-30-14-6-10-18-36(30)50-38-20-28(22-42(52-40)44(38)46)48-34-16-8-4-12-26(34)2/h3-24H,1-2H3. The van der Waals surface area contributed by atoms with E-state index < -0.39 is 0 Å². The van der Waals surface area contributed by atoms with Gasteiger partial charge >= 0.3 is 0 Å². The second-order valence-corrected chi connectivity index (χ2v) is 15.8. The van der Waals surface area contributed by atoms with Crippen LogP contribution in [0.5, 0.6) is 46.0 Å². The maximum absolute atomic E-state index is 6.66. The molecule has 7 aromatic rings. The van der Waals surface area contributed by atoms with E-state index in [1.807, 2.05) is 36.4 Å². The minimum atomic E-state index is 0.0230. The molecule has 11 rings (SSSR count). The fourth-order valence-electron chi connectivity index (χ4n) is 8.05. The lowest BCUT2D eigenvalue weighted by atomic mass is 9.32. The molecular weight excluding hydrogens is 678 g/mol. The monoisotopic (exact) mass is 706 g/mol. The van der Waals surface area contributed by atoms with Crippen LogP contribution in [-0.4, -0.2) is 13.4 Å². The van der Waals surface area contributed by atoms with Crippen LogP contribution in [-0.2, 0) is 0 Å². The summed E-state index contributed by atoms with van der Waals surface area (Å²) in [6.07, 6.45) is 0. The van der Waals surface area contributed by atoms with E-state index in [9.17, 15) is 0 Å². The molecule has 246 valence electrons. The van der Waals surface area contributed by atoms with Gasteiger partial charge in [-0.1, -0.05) is 113 Å². The van der Waals surface area contributed by atoms with Crippen molar-refractivity contribution in [2.45, 2.75) is 33.4 Å². The third kappa shape index (κ3) is 4.67. The van der Waals surface area contributed by atoms with Crippen molar-refractivity contribution < 1.29 is 18.9 Å². The van der Waals surface area contributed by atoms with Gasteiger partial charge in [0.1, 0.15) is 46.0 Å². The highest BCUT2D eigenvalue weighted by atomic mass is 32.2. The molecule has 0 N–H and O–H groups in total. The van der Waals surface area contributed by atoms with Crippen molar-refractivity contribution in [2.24, 2.45) is 0 Å². The molecule has 4 aliphatic heterocycles. The van der Waals surface area contributed by atoms with Crippen molar-refractivity contribution in [3.05, 3.63) is 145 Å². The Hall–Kier alpha value is -5.43. The quantitative estimate of drug-likeness (QED) is 0.173. The summed E-state index contributed by atoms with van der Waals surface area (Å²) in [4.78, 5) is 4.80. The molecule has 0 unspecified atom stereocenters. The topological polar surface area (TPSA) is 36.9 Å². The first-order valence-electron chi connectivity index (χ1n) is 17.5. The maximum atomic E-state index is 6.66. The Morgan fingerprint density at radius 2 is 0.865 bits per heavy atom. The fraction of sp³-hybridized carbons (Fsp3) is 0.0455. The minimum absolute atomic E-state index is 0.0230. The largest absolute Gasteiger partial charge is 0.458 e. The fourth-order valence-corrected chi connectivity index (χ4v) is 10.6. The zero-order valence-corrected chi connectivity index (χ0v) is 29.9. The molecule has 52 heavy (non-hydrogen) atoms. The van der Waals surface area contributed by atoms with Gasteiger partial charge in [0.15, 0.2) is 0 Å². The lowest BCUT2D eigenvalue weighted by molar-refractivity contribution is 0.458. The molecule has 4 aliphatic rings. The van der Waals surface area contributed by atoms with Crippen LogP contribution in [0, 0.1) is 13.8 Å². The molecule has 0 saturated carbocycles. The first kappa shape index (κ1) is 30.2. The molecule has 0 aromatic heterocycles. The molecule has 4 nitrogen and oxygen atoms in total. The first-order valence-corrected chi connectivity index (χ1v) is 19.1. The second kappa shape index (κ2) is 11.5. The van der Waals surface area contributed by atoms with Crippen molar-refractivity contribution in [3.8, 4) is 46.0 Å². The maximum Gasteiger partial charge on any atom is 0.253 e. The minimum Gasteiger partial charge on any atom is -0.458 e. The summed E-state index contributed by atoms with van der Waals surface area (Å²) in [5.41, 5.74) is 9.53. The third-order valence-electron chi connectivity index (χ3n) is 10.5. The Labute approximate surface area is 311 Å². The van der Waals surface area contributed by atoms with E-state index in [1.165, 1.54) is 42.6 Å². The zero-order valence-electron chi connectivity index (χ0n) is 28.3. The van der Waals surface area contributed by atoms with Crippen molar-refractivity contribution in [3.63, 3.8) is 0 Å². The Morgan fingerprint density at radius 3 is 1.35 bits per heavy atom. The normalized spacial score (nSPS) is 13.7. The number of benzene rings is 7. The summed E-state index contributed by atoms with van der Waals surface area (Å²) in [6, 6.07) is 46.5. The molecule has 0 amide bonds. The molecule has 0 spiro atoms. The number of hydrogen-bond donors (Lipinski definition) is 0. The molecule has 4 heterocycles. The lowest BCUT2D eigenvalue weighted by Crippen LogP contribution is -2.62. The van der Waals surface area contributed by atoms with Gasteiger partial charge < -0.3 is 18.9 Å². The van der Waals surface area contributed by atoms with Gasteiger partial charge in [-0.3, -0.25) is 0 Å². The summed E-state index contributed by atoms with van der Waals surface area (Å²) in [5, 5.41) is 0. The van der Waals surface area contributed by atoms with Crippen LogP contribution in [0.1, 0.15) is 11.1 Å². The smallest absolute Gasteiger partial charge is 0.253 e. The van der Waals surface area contributed by atoms with E-state index in [1.54, 1.807) is 23.5 Å². The predicted octanol–water partition coefficient (Wildman–Crippen LogP) is 8.06. The average molecular weight is 706 g/mol. The van der Waals surface area contributed by atoms with Crippen molar-refractivity contribution in [1.82, 2.24) is 0 Å². The Kier molecular flexibility index (Phi) is 6.71. The van der Waals surface area contributed by atoms with Crippen LogP contribution < -0.4 is 51.7 Å². The predicted molar refractivity (Wildman–Crippen MR) is 212 cm³/mol. The molecule has 7 aromatic carbocycles. The van der Waals surface area contributed by atoms with Crippen LogP contribution >= 0.6 is 23.5 Å².